The number of H-pyrrole nitrogens is 1. The summed E-state index contributed by atoms with van der Waals surface area (Å²) in [4.78, 5) is 7.31. The largest absolute Gasteiger partial charge is 0.380 e. The van der Waals surface area contributed by atoms with Crippen LogP contribution in [0.1, 0.15) is 43.6 Å². The first-order valence-electron chi connectivity index (χ1n) is 10.4. The molecule has 0 aromatic carbocycles. The maximum Gasteiger partial charge on any atom is 0.155 e. The van der Waals surface area contributed by atoms with Gasteiger partial charge in [0, 0.05) is 56.1 Å². The monoisotopic (exact) mass is 380 g/mol. The van der Waals surface area contributed by atoms with Gasteiger partial charge in [0.05, 0.1) is 12.8 Å². The van der Waals surface area contributed by atoms with Gasteiger partial charge in [-0.3, -0.25) is 14.7 Å². The second kappa shape index (κ2) is 7.64. The molecule has 7 heteroatoms. The highest BCUT2D eigenvalue weighted by Crippen LogP contribution is 2.36. The molecule has 148 valence electrons. The Morgan fingerprint density at radius 2 is 2.00 bits per heavy atom. The first-order valence-corrected chi connectivity index (χ1v) is 10.4. The van der Waals surface area contributed by atoms with E-state index < -0.39 is 0 Å². The molecule has 1 saturated heterocycles. The molecular weight excluding hydrogens is 352 g/mol. The lowest BCUT2D eigenvalue weighted by atomic mass is 9.81. The molecule has 2 fully saturated rings. The van der Waals surface area contributed by atoms with Crippen LogP contribution in [0.4, 0.5) is 0 Å². The fourth-order valence-electron chi connectivity index (χ4n) is 4.81. The summed E-state index contributed by atoms with van der Waals surface area (Å²) in [6.07, 6.45) is 12.1. The van der Waals surface area contributed by atoms with Gasteiger partial charge in [-0.25, -0.2) is 4.98 Å². The van der Waals surface area contributed by atoms with Crippen molar-refractivity contribution in [1.29, 1.82) is 0 Å². The number of nitrogens with one attached hydrogen (secondary N) is 1. The van der Waals surface area contributed by atoms with Crippen LogP contribution in [0.25, 0.3) is 22.3 Å². The van der Waals surface area contributed by atoms with Crippen LogP contribution in [0.5, 0.6) is 0 Å². The summed E-state index contributed by atoms with van der Waals surface area (Å²) in [6.45, 7) is 4.08. The van der Waals surface area contributed by atoms with Crippen molar-refractivity contribution in [2.75, 3.05) is 26.3 Å². The van der Waals surface area contributed by atoms with E-state index in [2.05, 4.69) is 31.2 Å². The van der Waals surface area contributed by atoms with E-state index in [-0.39, 0.29) is 0 Å². The minimum absolute atomic E-state index is 0.591. The second-order valence-electron chi connectivity index (χ2n) is 8.15. The highest BCUT2D eigenvalue weighted by molar-refractivity contribution is 5.90. The van der Waals surface area contributed by atoms with Gasteiger partial charge in [-0.15, -0.1) is 0 Å². The van der Waals surface area contributed by atoms with E-state index in [1.807, 2.05) is 30.3 Å². The zero-order valence-corrected chi connectivity index (χ0v) is 16.5. The lowest BCUT2D eigenvalue weighted by Gasteiger charge is -2.36. The Kier molecular flexibility index (Phi) is 4.86. The highest BCUT2D eigenvalue weighted by atomic mass is 16.5. The number of ether oxygens (including phenoxy) is 1. The molecule has 1 saturated carbocycles. The molecule has 28 heavy (non-hydrogen) atoms. The van der Waals surface area contributed by atoms with E-state index in [0.717, 1.165) is 54.5 Å². The molecule has 7 nitrogen and oxygen atoms in total. The second-order valence-corrected chi connectivity index (χ2v) is 8.15. The van der Waals surface area contributed by atoms with Crippen LogP contribution in [-0.2, 0) is 11.8 Å². The standard InChI is InChI=1S/C21H28N6O/c1-26-14-17(13-23-26)20-19-11-16(12-22-21(19)25-24-20)15-3-5-18(6-4-15)27-7-2-9-28-10-8-27/h11-15,18H,2-10H2,1H3,(H,22,24,25)/t15-,18-. The van der Waals surface area contributed by atoms with Crippen molar-refractivity contribution < 1.29 is 4.74 Å². The zero-order valence-electron chi connectivity index (χ0n) is 16.5. The molecule has 2 aliphatic rings. The maximum absolute atomic E-state index is 5.62. The van der Waals surface area contributed by atoms with Crippen molar-refractivity contribution in [3.63, 3.8) is 0 Å². The minimum Gasteiger partial charge on any atom is -0.380 e. The number of pyridine rings is 1. The molecular formula is C21H28N6O. The molecule has 0 spiro atoms. The number of aryl methyl sites for hydroxylation is 1. The minimum atomic E-state index is 0.591. The van der Waals surface area contributed by atoms with Gasteiger partial charge >= 0.3 is 0 Å². The molecule has 3 aromatic rings. The molecule has 0 atom stereocenters. The SMILES string of the molecule is Cn1cc(-c2n[nH]c3ncc([C@H]4CC[C@H](N5CCCOCC5)CC4)cc23)cn1. The van der Waals surface area contributed by atoms with Crippen LogP contribution in [0.15, 0.2) is 24.7 Å². The summed E-state index contributed by atoms with van der Waals surface area (Å²) in [5, 5.41) is 12.9. The molecule has 0 radical (unpaired) electrons. The first kappa shape index (κ1) is 17.8. The Balaban J connectivity index is 1.33. The lowest BCUT2D eigenvalue weighted by molar-refractivity contribution is 0.118. The average Bonchev–Trinajstić information content (AvgIpc) is 3.24. The van der Waals surface area contributed by atoms with Gasteiger partial charge in [0.1, 0.15) is 5.69 Å². The van der Waals surface area contributed by atoms with E-state index in [9.17, 15) is 0 Å². The summed E-state index contributed by atoms with van der Waals surface area (Å²) in [7, 11) is 1.93. The quantitative estimate of drug-likeness (QED) is 0.756. The van der Waals surface area contributed by atoms with Crippen LogP contribution in [0, 0.1) is 0 Å². The van der Waals surface area contributed by atoms with Gasteiger partial charge < -0.3 is 4.74 Å². The van der Waals surface area contributed by atoms with Crippen molar-refractivity contribution in [2.24, 2.45) is 7.05 Å². The fraction of sp³-hybridized carbons (Fsp3) is 0.571. The van der Waals surface area contributed by atoms with Gasteiger partial charge in [0.15, 0.2) is 5.65 Å². The third kappa shape index (κ3) is 3.44. The van der Waals surface area contributed by atoms with Crippen molar-refractivity contribution in [3.05, 3.63) is 30.2 Å². The van der Waals surface area contributed by atoms with E-state index in [1.165, 1.54) is 37.8 Å². The van der Waals surface area contributed by atoms with Crippen LogP contribution in [0.2, 0.25) is 0 Å². The molecule has 0 bridgehead atoms. The van der Waals surface area contributed by atoms with Crippen LogP contribution < -0.4 is 0 Å². The summed E-state index contributed by atoms with van der Waals surface area (Å²) in [6, 6.07) is 3.01. The van der Waals surface area contributed by atoms with E-state index in [4.69, 9.17) is 4.74 Å². The predicted molar refractivity (Wildman–Crippen MR) is 108 cm³/mol. The average molecular weight is 380 g/mol. The predicted octanol–water partition coefficient (Wildman–Crippen LogP) is 3.11. The van der Waals surface area contributed by atoms with E-state index >= 15 is 0 Å². The third-order valence-electron chi connectivity index (χ3n) is 6.36. The van der Waals surface area contributed by atoms with Crippen molar-refractivity contribution >= 4 is 11.0 Å². The number of fused-ring (bicyclic) bond motifs is 1. The molecule has 4 heterocycles. The third-order valence-corrected chi connectivity index (χ3v) is 6.36. The summed E-state index contributed by atoms with van der Waals surface area (Å²) in [5.41, 5.74) is 4.16. The Morgan fingerprint density at radius 3 is 2.82 bits per heavy atom. The van der Waals surface area contributed by atoms with Crippen LogP contribution >= 0.6 is 0 Å². The van der Waals surface area contributed by atoms with Gasteiger partial charge in [-0.2, -0.15) is 10.2 Å². The topological polar surface area (TPSA) is 71.9 Å². The Labute approximate surface area is 165 Å². The normalized spacial score (nSPS) is 24.5. The number of hydrogen-bond donors (Lipinski definition) is 1. The summed E-state index contributed by atoms with van der Waals surface area (Å²) in [5.74, 6) is 0.591. The number of nitrogens with zero attached hydrogens (tertiary/aromatic N) is 5. The first-order chi connectivity index (χ1) is 13.8. The smallest absolute Gasteiger partial charge is 0.155 e. The molecule has 1 N–H and O–H groups in total. The molecule has 1 aliphatic heterocycles. The summed E-state index contributed by atoms with van der Waals surface area (Å²) >= 11 is 0. The Bertz CT molecular complexity index is 931. The molecule has 0 amide bonds. The Morgan fingerprint density at radius 1 is 1.11 bits per heavy atom. The van der Waals surface area contributed by atoms with Crippen molar-refractivity contribution in [1.82, 2.24) is 29.9 Å². The molecule has 5 rings (SSSR count). The van der Waals surface area contributed by atoms with Gasteiger partial charge in [-0.05, 0) is 49.7 Å². The van der Waals surface area contributed by atoms with Crippen molar-refractivity contribution in [2.45, 2.75) is 44.1 Å². The maximum atomic E-state index is 5.62. The van der Waals surface area contributed by atoms with Gasteiger partial charge in [0.2, 0.25) is 0 Å². The van der Waals surface area contributed by atoms with Gasteiger partial charge in [-0.1, -0.05) is 0 Å². The lowest BCUT2D eigenvalue weighted by Crippen LogP contribution is -2.39. The van der Waals surface area contributed by atoms with Crippen LogP contribution in [0.3, 0.4) is 0 Å². The Hall–Kier alpha value is -2.25. The zero-order chi connectivity index (χ0) is 18.9. The van der Waals surface area contributed by atoms with Crippen molar-refractivity contribution in [3.8, 4) is 11.3 Å². The van der Waals surface area contributed by atoms with E-state index in [0.29, 0.717) is 5.92 Å². The summed E-state index contributed by atoms with van der Waals surface area (Å²) < 4.78 is 7.43. The molecule has 0 unspecified atom stereocenters. The molecule has 3 aromatic heterocycles. The molecule has 1 aliphatic carbocycles. The van der Waals surface area contributed by atoms with E-state index in [1.54, 1.807) is 0 Å². The van der Waals surface area contributed by atoms with Gasteiger partial charge in [0.25, 0.3) is 0 Å². The van der Waals surface area contributed by atoms with Crippen LogP contribution in [-0.4, -0.2) is 62.2 Å². The fourth-order valence-corrected chi connectivity index (χ4v) is 4.81. The number of hydrogen-bond acceptors (Lipinski definition) is 5. The number of aromatic amines is 1. The number of aromatic nitrogens is 5. The highest BCUT2D eigenvalue weighted by Gasteiger charge is 2.27. The number of rotatable bonds is 3.